The van der Waals surface area contributed by atoms with Crippen molar-refractivity contribution >= 4 is 11.6 Å². The lowest BCUT2D eigenvalue weighted by Crippen LogP contribution is -2.30. The highest BCUT2D eigenvalue weighted by atomic mass is 35.5. The third-order valence-electron chi connectivity index (χ3n) is 3.08. The average molecular weight is 256 g/mol. The third kappa shape index (κ3) is 2.92. The van der Waals surface area contributed by atoms with E-state index >= 15 is 0 Å². The van der Waals surface area contributed by atoms with Gasteiger partial charge in [0.05, 0.1) is 12.2 Å². The molecule has 0 aromatic heterocycles. The second kappa shape index (κ2) is 4.84. The summed E-state index contributed by atoms with van der Waals surface area (Å²) in [6.07, 6.45) is 1.98. The number of fused-ring (bicyclic) bond motifs is 1. The second-order valence-electron chi connectivity index (χ2n) is 4.86. The summed E-state index contributed by atoms with van der Waals surface area (Å²) in [5, 5.41) is 10.9. The van der Waals surface area contributed by atoms with Gasteiger partial charge in [-0.1, -0.05) is 11.6 Å². The van der Waals surface area contributed by atoms with Gasteiger partial charge in [0, 0.05) is 17.9 Å². The average Bonchev–Trinajstić information content (AvgIpc) is 2.64. The van der Waals surface area contributed by atoms with Gasteiger partial charge in [-0.15, -0.1) is 0 Å². The highest BCUT2D eigenvalue weighted by Gasteiger charge is 2.25. The molecule has 1 atom stereocenters. The van der Waals surface area contributed by atoms with Crippen LogP contribution in [0.3, 0.4) is 0 Å². The number of hydrogen-bond acceptors (Lipinski definition) is 3. The van der Waals surface area contributed by atoms with Crippen molar-refractivity contribution in [2.45, 2.75) is 31.8 Å². The van der Waals surface area contributed by atoms with Crippen LogP contribution in [0.2, 0.25) is 5.02 Å². The lowest BCUT2D eigenvalue weighted by Gasteiger charge is -2.23. The normalized spacial score (nSPS) is 17.4. The number of nitrogens with two attached hydrogens (primary N) is 1. The molecule has 0 spiro atoms. The lowest BCUT2D eigenvalue weighted by molar-refractivity contribution is 0.0532. The van der Waals surface area contributed by atoms with Gasteiger partial charge >= 0.3 is 0 Å². The van der Waals surface area contributed by atoms with Crippen LogP contribution in [0.5, 0.6) is 5.75 Å². The first-order valence-corrected chi connectivity index (χ1v) is 6.26. The minimum absolute atomic E-state index is 0.469. The van der Waals surface area contributed by atoms with Crippen molar-refractivity contribution in [3.05, 3.63) is 28.3 Å². The summed E-state index contributed by atoms with van der Waals surface area (Å²) >= 11 is 6.07. The van der Waals surface area contributed by atoms with Gasteiger partial charge in [0.2, 0.25) is 0 Å². The van der Waals surface area contributed by atoms with Gasteiger partial charge in [-0.05, 0) is 43.1 Å². The predicted octanol–water partition coefficient (Wildman–Crippen LogP) is 1.92. The standard InChI is InChI=1S/C13H18ClNO2/c1-13(16,3-4-15)8-10-7-11(14)6-9-2-5-17-12(9)10/h6-7,16H,2-5,8,15H2,1H3. The van der Waals surface area contributed by atoms with Crippen LogP contribution in [-0.2, 0) is 12.8 Å². The Hall–Kier alpha value is -0.770. The Bertz CT molecular complexity index is 418. The fourth-order valence-corrected chi connectivity index (χ4v) is 2.55. The zero-order chi connectivity index (χ0) is 12.5. The van der Waals surface area contributed by atoms with Gasteiger partial charge in [0.1, 0.15) is 5.75 Å². The van der Waals surface area contributed by atoms with Gasteiger partial charge in [-0.3, -0.25) is 0 Å². The monoisotopic (exact) mass is 255 g/mol. The zero-order valence-corrected chi connectivity index (χ0v) is 10.8. The Morgan fingerprint density at radius 3 is 3.00 bits per heavy atom. The molecule has 3 N–H and O–H groups in total. The van der Waals surface area contributed by atoms with Gasteiger partial charge in [-0.2, -0.15) is 0 Å². The molecular weight excluding hydrogens is 238 g/mol. The van der Waals surface area contributed by atoms with Gasteiger partial charge in [0.25, 0.3) is 0 Å². The van der Waals surface area contributed by atoms with Crippen LogP contribution in [0, 0.1) is 0 Å². The van der Waals surface area contributed by atoms with E-state index in [0.717, 1.165) is 23.3 Å². The third-order valence-corrected chi connectivity index (χ3v) is 3.30. The molecule has 0 amide bonds. The van der Waals surface area contributed by atoms with Crippen LogP contribution in [-0.4, -0.2) is 23.9 Å². The topological polar surface area (TPSA) is 55.5 Å². The number of ether oxygens (including phenoxy) is 1. The largest absolute Gasteiger partial charge is 0.493 e. The lowest BCUT2D eigenvalue weighted by atomic mass is 9.92. The van der Waals surface area contributed by atoms with Crippen LogP contribution in [0.1, 0.15) is 24.5 Å². The van der Waals surface area contributed by atoms with Gasteiger partial charge in [0.15, 0.2) is 0 Å². The van der Waals surface area contributed by atoms with E-state index in [1.54, 1.807) is 6.92 Å². The molecule has 1 aliphatic heterocycles. The molecule has 4 heteroatoms. The molecule has 1 unspecified atom stereocenters. The van der Waals surface area contributed by atoms with Crippen molar-refractivity contribution in [3.8, 4) is 5.75 Å². The Morgan fingerprint density at radius 2 is 2.29 bits per heavy atom. The fraction of sp³-hybridized carbons (Fsp3) is 0.538. The molecular formula is C13H18ClNO2. The van der Waals surface area contributed by atoms with Crippen molar-refractivity contribution in [2.24, 2.45) is 5.73 Å². The van der Waals surface area contributed by atoms with Crippen LogP contribution >= 0.6 is 11.6 Å². The summed E-state index contributed by atoms with van der Waals surface area (Å²) in [7, 11) is 0. The molecule has 0 saturated carbocycles. The maximum Gasteiger partial charge on any atom is 0.126 e. The Labute approximate surface area is 107 Å². The molecule has 3 nitrogen and oxygen atoms in total. The maximum atomic E-state index is 10.2. The van der Waals surface area contributed by atoms with Crippen molar-refractivity contribution in [1.82, 2.24) is 0 Å². The molecule has 1 aromatic carbocycles. The first-order chi connectivity index (χ1) is 8.02. The van der Waals surface area contributed by atoms with E-state index in [0.29, 0.717) is 31.0 Å². The SMILES string of the molecule is CC(O)(CCN)Cc1cc(Cl)cc2c1OCC2. The molecule has 2 rings (SSSR count). The van der Waals surface area contributed by atoms with Crippen molar-refractivity contribution in [1.29, 1.82) is 0 Å². The Balaban J connectivity index is 2.27. The van der Waals surface area contributed by atoms with Crippen LogP contribution in [0.4, 0.5) is 0 Å². The first-order valence-electron chi connectivity index (χ1n) is 5.88. The van der Waals surface area contributed by atoms with Crippen LogP contribution in [0.15, 0.2) is 12.1 Å². The van der Waals surface area contributed by atoms with Crippen LogP contribution < -0.4 is 10.5 Å². The van der Waals surface area contributed by atoms with Crippen molar-refractivity contribution in [3.63, 3.8) is 0 Å². The van der Waals surface area contributed by atoms with E-state index in [1.165, 1.54) is 0 Å². The number of benzene rings is 1. The molecule has 0 aliphatic carbocycles. The van der Waals surface area contributed by atoms with E-state index in [2.05, 4.69) is 0 Å². The summed E-state index contributed by atoms with van der Waals surface area (Å²) in [6, 6.07) is 3.81. The van der Waals surface area contributed by atoms with E-state index in [-0.39, 0.29) is 0 Å². The van der Waals surface area contributed by atoms with Crippen molar-refractivity contribution in [2.75, 3.05) is 13.2 Å². The highest BCUT2D eigenvalue weighted by molar-refractivity contribution is 6.30. The molecule has 94 valence electrons. The fourth-order valence-electron chi connectivity index (χ4n) is 2.29. The molecule has 0 fully saturated rings. The van der Waals surface area contributed by atoms with E-state index in [4.69, 9.17) is 22.1 Å². The summed E-state index contributed by atoms with van der Waals surface area (Å²) < 4.78 is 5.61. The van der Waals surface area contributed by atoms with E-state index in [1.807, 2.05) is 12.1 Å². The quantitative estimate of drug-likeness (QED) is 0.864. The Morgan fingerprint density at radius 1 is 1.53 bits per heavy atom. The molecule has 17 heavy (non-hydrogen) atoms. The minimum atomic E-state index is -0.806. The summed E-state index contributed by atoms with van der Waals surface area (Å²) in [6.45, 7) is 2.96. The minimum Gasteiger partial charge on any atom is -0.493 e. The second-order valence-corrected chi connectivity index (χ2v) is 5.30. The van der Waals surface area contributed by atoms with Gasteiger partial charge in [-0.25, -0.2) is 0 Å². The maximum absolute atomic E-state index is 10.2. The predicted molar refractivity (Wildman–Crippen MR) is 68.7 cm³/mol. The first kappa shape index (κ1) is 12.7. The molecule has 0 radical (unpaired) electrons. The number of hydrogen-bond donors (Lipinski definition) is 2. The molecule has 1 aromatic rings. The van der Waals surface area contributed by atoms with Gasteiger partial charge < -0.3 is 15.6 Å². The molecule has 0 saturated heterocycles. The number of aliphatic hydroxyl groups is 1. The Kier molecular flexibility index (Phi) is 3.61. The molecule has 0 bridgehead atoms. The van der Waals surface area contributed by atoms with E-state index < -0.39 is 5.60 Å². The van der Waals surface area contributed by atoms with Crippen molar-refractivity contribution < 1.29 is 9.84 Å². The van der Waals surface area contributed by atoms with E-state index in [9.17, 15) is 5.11 Å². The molecule has 1 heterocycles. The number of halogens is 1. The molecule has 1 aliphatic rings. The summed E-state index contributed by atoms with van der Waals surface area (Å²) in [4.78, 5) is 0. The zero-order valence-electron chi connectivity index (χ0n) is 10.0. The summed E-state index contributed by atoms with van der Waals surface area (Å²) in [5.41, 5.74) is 6.80. The summed E-state index contributed by atoms with van der Waals surface area (Å²) in [5.74, 6) is 0.895. The number of rotatable bonds is 4. The highest BCUT2D eigenvalue weighted by Crippen LogP contribution is 2.35. The van der Waals surface area contributed by atoms with Crippen LogP contribution in [0.25, 0.3) is 0 Å². The smallest absolute Gasteiger partial charge is 0.126 e.